The lowest BCUT2D eigenvalue weighted by Crippen LogP contribution is -2.17. The van der Waals surface area contributed by atoms with Gasteiger partial charge in [0.25, 0.3) is 0 Å². The Kier molecular flexibility index (Phi) is 5.43. The smallest absolute Gasteiger partial charge is 0.217 e. The molecule has 0 heterocycles. The minimum Gasteiger partial charge on any atom is -0.493 e. The standard InChI is InChI=1S/C12H17BrN2O3/c1-17-10-5-7(8(13)6-11(10)18-2)9(14)3-4-12(15)16/h5-6,9H,3-4,14H2,1-2H3,(H2,15,16). The van der Waals surface area contributed by atoms with Gasteiger partial charge in [0.2, 0.25) is 5.91 Å². The first-order chi connectivity index (χ1) is 8.49. The van der Waals surface area contributed by atoms with Gasteiger partial charge in [0, 0.05) is 16.9 Å². The first-order valence-corrected chi connectivity index (χ1v) is 6.24. The molecule has 100 valence electrons. The molecule has 1 rings (SSSR count). The summed E-state index contributed by atoms with van der Waals surface area (Å²) in [6.07, 6.45) is 0.741. The Morgan fingerprint density at radius 2 is 1.89 bits per heavy atom. The van der Waals surface area contributed by atoms with Gasteiger partial charge in [0.15, 0.2) is 11.5 Å². The molecule has 1 unspecified atom stereocenters. The van der Waals surface area contributed by atoms with Gasteiger partial charge in [-0.25, -0.2) is 0 Å². The zero-order valence-corrected chi connectivity index (χ0v) is 12.0. The van der Waals surface area contributed by atoms with E-state index in [1.165, 1.54) is 0 Å². The second kappa shape index (κ2) is 6.61. The summed E-state index contributed by atoms with van der Waals surface area (Å²) in [5.74, 6) is 0.863. The number of nitrogens with two attached hydrogens (primary N) is 2. The van der Waals surface area contributed by atoms with Crippen molar-refractivity contribution in [3.63, 3.8) is 0 Å². The number of carbonyl (C=O) groups is 1. The summed E-state index contributed by atoms with van der Waals surface area (Å²) in [5.41, 5.74) is 12.0. The Hall–Kier alpha value is -1.27. The van der Waals surface area contributed by atoms with Gasteiger partial charge in [0.1, 0.15) is 0 Å². The number of amides is 1. The number of benzene rings is 1. The Labute approximate surface area is 115 Å². The van der Waals surface area contributed by atoms with E-state index in [2.05, 4.69) is 15.9 Å². The quantitative estimate of drug-likeness (QED) is 0.836. The summed E-state index contributed by atoms with van der Waals surface area (Å²) in [5, 5.41) is 0. The van der Waals surface area contributed by atoms with Gasteiger partial charge < -0.3 is 20.9 Å². The molecule has 0 bridgehead atoms. The zero-order valence-electron chi connectivity index (χ0n) is 10.4. The molecule has 0 aromatic heterocycles. The van der Waals surface area contributed by atoms with Crippen LogP contribution in [0.15, 0.2) is 16.6 Å². The van der Waals surface area contributed by atoms with Crippen LogP contribution >= 0.6 is 15.9 Å². The largest absolute Gasteiger partial charge is 0.493 e. The molecule has 6 heteroatoms. The molecule has 0 saturated heterocycles. The second-order valence-electron chi connectivity index (χ2n) is 3.84. The third kappa shape index (κ3) is 3.61. The van der Waals surface area contributed by atoms with Crippen LogP contribution in [0.1, 0.15) is 24.4 Å². The maximum atomic E-state index is 10.8. The van der Waals surface area contributed by atoms with Crippen LogP contribution < -0.4 is 20.9 Å². The molecule has 18 heavy (non-hydrogen) atoms. The van der Waals surface area contributed by atoms with Crippen molar-refractivity contribution in [2.24, 2.45) is 11.5 Å². The molecule has 0 spiro atoms. The maximum Gasteiger partial charge on any atom is 0.217 e. The van der Waals surface area contributed by atoms with Gasteiger partial charge in [-0.3, -0.25) is 4.79 Å². The van der Waals surface area contributed by atoms with E-state index in [0.717, 1.165) is 10.0 Å². The monoisotopic (exact) mass is 316 g/mol. The van der Waals surface area contributed by atoms with Crippen LogP contribution in [0, 0.1) is 0 Å². The number of rotatable bonds is 6. The van der Waals surface area contributed by atoms with Crippen LogP contribution in [-0.2, 0) is 4.79 Å². The highest BCUT2D eigenvalue weighted by Gasteiger charge is 2.15. The van der Waals surface area contributed by atoms with E-state index in [-0.39, 0.29) is 18.4 Å². The number of carbonyl (C=O) groups excluding carboxylic acids is 1. The third-order valence-corrected chi connectivity index (χ3v) is 3.29. The van der Waals surface area contributed by atoms with E-state index in [1.54, 1.807) is 26.4 Å². The Morgan fingerprint density at radius 1 is 1.33 bits per heavy atom. The van der Waals surface area contributed by atoms with Crippen LogP contribution in [-0.4, -0.2) is 20.1 Å². The van der Waals surface area contributed by atoms with Gasteiger partial charge in [0.05, 0.1) is 14.2 Å². The molecular weight excluding hydrogens is 300 g/mol. The van der Waals surface area contributed by atoms with Crippen LogP contribution in [0.5, 0.6) is 11.5 Å². The number of hydrogen-bond acceptors (Lipinski definition) is 4. The van der Waals surface area contributed by atoms with Gasteiger partial charge in [-0.2, -0.15) is 0 Å². The fraction of sp³-hybridized carbons (Fsp3) is 0.417. The van der Waals surface area contributed by atoms with E-state index in [0.29, 0.717) is 17.9 Å². The molecule has 1 amide bonds. The Morgan fingerprint density at radius 3 is 2.39 bits per heavy atom. The van der Waals surface area contributed by atoms with Crippen molar-refractivity contribution in [3.05, 3.63) is 22.2 Å². The van der Waals surface area contributed by atoms with Crippen molar-refractivity contribution in [1.82, 2.24) is 0 Å². The molecule has 0 aliphatic rings. The molecule has 0 radical (unpaired) electrons. The maximum absolute atomic E-state index is 10.8. The van der Waals surface area contributed by atoms with E-state index >= 15 is 0 Å². The van der Waals surface area contributed by atoms with Gasteiger partial charge in [-0.05, 0) is 24.1 Å². The minimum absolute atomic E-state index is 0.252. The highest BCUT2D eigenvalue weighted by molar-refractivity contribution is 9.10. The van der Waals surface area contributed by atoms with Crippen molar-refractivity contribution < 1.29 is 14.3 Å². The fourth-order valence-electron chi connectivity index (χ4n) is 1.61. The highest BCUT2D eigenvalue weighted by atomic mass is 79.9. The zero-order chi connectivity index (χ0) is 13.7. The number of hydrogen-bond donors (Lipinski definition) is 2. The lowest BCUT2D eigenvalue weighted by molar-refractivity contribution is -0.118. The van der Waals surface area contributed by atoms with E-state index < -0.39 is 0 Å². The van der Waals surface area contributed by atoms with Gasteiger partial charge in [-0.15, -0.1) is 0 Å². The SMILES string of the molecule is COc1cc(Br)c(C(N)CCC(N)=O)cc1OC. The van der Waals surface area contributed by atoms with E-state index in [1.807, 2.05) is 0 Å². The molecular formula is C12H17BrN2O3. The first-order valence-electron chi connectivity index (χ1n) is 5.45. The average Bonchev–Trinajstić information content (AvgIpc) is 2.35. The van der Waals surface area contributed by atoms with Crippen molar-refractivity contribution in [2.75, 3.05) is 14.2 Å². The summed E-state index contributed by atoms with van der Waals surface area (Å²) in [6, 6.07) is 3.30. The Balaban J connectivity index is 2.97. The Bertz CT molecular complexity index is 438. The van der Waals surface area contributed by atoms with Crippen molar-refractivity contribution in [1.29, 1.82) is 0 Å². The molecule has 0 aliphatic heterocycles. The fourth-order valence-corrected chi connectivity index (χ4v) is 2.22. The molecule has 1 aromatic carbocycles. The highest BCUT2D eigenvalue weighted by Crippen LogP contribution is 2.36. The predicted molar refractivity (Wildman–Crippen MR) is 72.6 cm³/mol. The lowest BCUT2D eigenvalue weighted by atomic mass is 10.0. The third-order valence-electron chi connectivity index (χ3n) is 2.60. The molecule has 1 atom stereocenters. The molecule has 0 aliphatic carbocycles. The summed E-state index contributed by atoms with van der Waals surface area (Å²) in [4.78, 5) is 10.8. The molecule has 4 N–H and O–H groups in total. The minimum atomic E-state index is -0.359. The van der Waals surface area contributed by atoms with Gasteiger partial charge >= 0.3 is 0 Å². The van der Waals surface area contributed by atoms with Crippen molar-refractivity contribution in [3.8, 4) is 11.5 Å². The predicted octanol–water partition coefficient (Wildman–Crippen LogP) is 1.73. The van der Waals surface area contributed by atoms with Crippen LogP contribution in [0.25, 0.3) is 0 Å². The summed E-state index contributed by atoms with van der Waals surface area (Å²) in [7, 11) is 3.13. The van der Waals surface area contributed by atoms with Crippen LogP contribution in [0.4, 0.5) is 0 Å². The van der Waals surface area contributed by atoms with Crippen molar-refractivity contribution >= 4 is 21.8 Å². The lowest BCUT2D eigenvalue weighted by Gasteiger charge is -2.16. The van der Waals surface area contributed by atoms with E-state index in [4.69, 9.17) is 20.9 Å². The van der Waals surface area contributed by atoms with E-state index in [9.17, 15) is 4.79 Å². The molecule has 0 fully saturated rings. The second-order valence-corrected chi connectivity index (χ2v) is 4.69. The molecule has 5 nitrogen and oxygen atoms in total. The number of primary amides is 1. The summed E-state index contributed by atoms with van der Waals surface area (Å²) in [6.45, 7) is 0. The average molecular weight is 317 g/mol. The van der Waals surface area contributed by atoms with Crippen molar-refractivity contribution in [2.45, 2.75) is 18.9 Å². The number of ether oxygens (including phenoxy) is 2. The topological polar surface area (TPSA) is 87.6 Å². The summed E-state index contributed by atoms with van der Waals surface area (Å²) >= 11 is 3.43. The summed E-state index contributed by atoms with van der Waals surface area (Å²) < 4.78 is 11.2. The first kappa shape index (κ1) is 14.8. The number of methoxy groups -OCH3 is 2. The van der Waals surface area contributed by atoms with Crippen LogP contribution in [0.2, 0.25) is 0 Å². The molecule has 1 aromatic rings. The molecule has 0 saturated carbocycles. The normalized spacial score (nSPS) is 12.0. The van der Waals surface area contributed by atoms with Gasteiger partial charge in [-0.1, -0.05) is 15.9 Å². The number of halogens is 1. The van der Waals surface area contributed by atoms with Crippen LogP contribution in [0.3, 0.4) is 0 Å².